The number of aromatic amines is 1. The van der Waals surface area contributed by atoms with Gasteiger partial charge in [-0.1, -0.05) is 36.3 Å². The number of nitrogens with zero attached hydrogens (tertiary/aromatic N) is 2. The van der Waals surface area contributed by atoms with Crippen molar-refractivity contribution in [3.8, 4) is 23.0 Å². The molecule has 0 radical (unpaired) electrons. The molecule has 7 nitrogen and oxygen atoms in total. The number of fused-ring (bicyclic) bond motifs is 1. The number of piperidine rings is 1. The molecule has 0 atom stereocenters. The predicted molar refractivity (Wildman–Crippen MR) is 148 cm³/mol. The molecule has 2 fully saturated rings. The summed E-state index contributed by atoms with van der Waals surface area (Å²) in [5.41, 5.74) is 5.78. The Morgan fingerprint density at radius 2 is 1.79 bits per heavy atom. The second-order valence-electron chi connectivity index (χ2n) is 10.2. The van der Waals surface area contributed by atoms with Gasteiger partial charge in [-0.3, -0.25) is 14.7 Å². The lowest BCUT2D eigenvalue weighted by Gasteiger charge is -2.52. The van der Waals surface area contributed by atoms with Crippen molar-refractivity contribution in [1.82, 2.24) is 25.7 Å². The van der Waals surface area contributed by atoms with Gasteiger partial charge in [0.25, 0.3) is 11.8 Å². The molecule has 4 aromatic rings. The molecule has 3 heterocycles. The maximum absolute atomic E-state index is 13.2. The molecule has 0 saturated carbocycles. The fraction of sp³-hybridized carbons (Fsp3) is 0.258. The third-order valence-corrected chi connectivity index (χ3v) is 7.64. The minimum atomic E-state index is -0.118. The summed E-state index contributed by atoms with van der Waals surface area (Å²) in [5.74, 6) is 6.43. The van der Waals surface area contributed by atoms with Crippen LogP contribution in [-0.4, -0.2) is 60.1 Å². The zero-order valence-electron chi connectivity index (χ0n) is 21.3. The normalized spacial score (nSPS) is 16.0. The maximum atomic E-state index is 13.2. The van der Waals surface area contributed by atoms with Crippen molar-refractivity contribution in [2.24, 2.45) is 5.41 Å². The van der Waals surface area contributed by atoms with Gasteiger partial charge < -0.3 is 15.5 Å². The van der Waals surface area contributed by atoms with Crippen molar-refractivity contribution in [2.75, 3.05) is 33.2 Å². The number of hydrogen-bond donors (Lipinski definition) is 3. The molecule has 6 rings (SSSR count). The van der Waals surface area contributed by atoms with E-state index in [1.165, 1.54) is 12.8 Å². The lowest BCUT2D eigenvalue weighted by atomic mass is 9.74. The first-order valence-corrected chi connectivity index (χ1v) is 13.0. The Labute approximate surface area is 221 Å². The van der Waals surface area contributed by atoms with Crippen LogP contribution in [0, 0.1) is 17.3 Å². The first-order valence-electron chi connectivity index (χ1n) is 13.0. The topological polar surface area (TPSA) is 90.1 Å². The van der Waals surface area contributed by atoms with Crippen molar-refractivity contribution < 1.29 is 9.59 Å². The molecule has 3 N–H and O–H groups in total. The van der Waals surface area contributed by atoms with E-state index in [1.807, 2.05) is 71.6 Å². The van der Waals surface area contributed by atoms with Crippen molar-refractivity contribution in [1.29, 1.82) is 0 Å². The van der Waals surface area contributed by atoms with Crippen LogP contribution in [0.25, 0.3) is 22.0 Å². The molecule has 7 heteroatoms. The number of benzene rings is 3. The van der Waals surface area contributed by atoms with Crippen LogP contribution in [0.1, 0.15) is 44.8 Å². The van der Waals surface area contributed by atoms with Gasteiger partial charge in [0.15, 0.2) is 0 Å². The fourth-order valence-electron chi connectivity index (χ4n) is 5.55. The quantitative estimate of drug-likeness (QED) is 0.371. The summed E-state index contributed by atoms with van der Waals surface area (Å²) in [6.45, 7) is 3.70. The highest BCUT2D eigenvalue weighted by atomic mass is 16.2. The summed E-state index contributed by atoms with van der Waals surface area (Å²) in [4.78, 5) is 27.1. The van der Waals surface area contributed by atoms with Crippen LogP contribution in [-0.2, 0) is 0 Å². The molecule has 0 aliphatic carbocycles. The number of aromatic nitrogens is 2. The van der Waals surface area contributed by atoms with E-state index in [-0.39, 0.29) is 17.2 Å². The van der Waals surface area contributed by atoms with Crippen molar-refractivity contribution in [2.45, 2.75) is 12.8 Å². The van der Waals surface area contributed by atoms with E-state index in [4.69, 9.17) is 0 Å². The summed E-state index contributed by atoms with van der Waals surface area (Å²) in [6, 6.07) is 21.0. The molecular weight excluding hydrogens is 474 g/mol. The molecule has 190 valence electrons. The minimum absolute atomic E-state index is 0.0637. The summed E-state index contributed by atoms with van der Waals surface area (Å²) in [5, 5.41) is 14.4. The van der Waals surface area contributed by atoms with Crippen LogP contribution in [0.3, 0.4) is 0 Å². The average Bonchev–Trinajstić information content (AvgIpc) is 3.37. The second kappa shape index (κ2) is 9.81. The highest BCUT2D eigenvalue weighted by Crippen LogP contribution is 2.37. The van der Waals surface area contributed by atoms with Crippen LogP contribution < -0.4 is 10.6 Å². The second-order valence-corrected chi connectivity index (χ2v) is 10.2. The van der Waals surface area contributed by atoms with Gasteiger partial charge >= 0.3 is 0 Å². The third kappa shape index (κ3) is 4.44. The number of rotatable bonds is 3. The molecule has 1 spiro atoms. The first-order chi connectivity index (χ1) is 18.5. The minimum Gasteiger partial charge on any atom is -0.355 e. The molecule has 2 saturated heterocycles. The Bertz CT molecular complexity index is 1580. The number of likely N-dealkylation sites (tertiary alicyclic amines) is 1. The smallest absolute Gasteiger partial charge is 0.253 e. The van der Waals surface area contributed by atoms with E-state index >= 15 is 0 Å². The zero-order chi connectivity index (χ0) is 26.1. The van der Waals surface area contributed by atoms with Crippen molar-refractivity contribution in [3.63, 3.8) is 0 Å². The van der Waals surface area contributed by atoms with Crippen molar-refractivity contribution in [3.05, 3.63) is 89.1 Å². The van der Waals surface area contributed by atoms with Gasteiger partial charge in [-0.25, -0.2) is 0 Å². The highest BCUT2D eigenvalue weighted by Gasteiger charge is 2.45. The molecule has 3 aromatic carbocycles. The summed E-state index contributed by atoms with van der Waals surface area (Å²) in [7, 11) is 1.62. The Hall–Kier alpha value is -4.41. The molecule has 2 aliphatic heterocycles. The molecule has 38 heavy (non-hydrogen) atoms. The van der Waals surface area contributed by atoms with E-state index in [1.54, 1.807) is 7.05 Å². The van der Waals surface area contributed by atoms with Crippen molar-refractivity contribution >= 4 is 22.7 Å². The van der Waals surface area contributed by atoms with Gasteiger partial charge in [-0.05, 0) is 72.8 Å². The number of amides is 2. The molecule has 2 aliphatic rings. The van der Waals surface area contributed by atoms with E-state index < -0.39 is 0 Å². The Balaban J connectivity index is 1.25. The lowest BCUT2D eigenvalue weighted by molar-refractivity contribution is -0.00721. The number of carbonyl (C=O) groups excluding carboxylic acids is 2. The number of H-pyrrole nitrogens is 1. The van der Waals surface area contributed by atoms with Crippen LogP contribution in [0.15, 0.2) is 66.7 Å². The zero-order valence-corrected chi connectivity index (χ0v) is 21.3. The average molecular weight is 504 g/mol. The summed E-state index contributed by atoms with van der Waals surface area (Å²) >= 11 is 0. The van der Waals surface area contributed by atoms with Crippen LogP contribution in [0.5, 0.6) is 0 Å². The van der Waals surface area contributed by atoms with Gasteiger partial charge in [0, 0.05) is 54.2 Å². The predicted octanol–water partition coefficient (Wildman–Crippen LogP) is 3.81. The highest BCUT2D eigenvalue weighted by molar-refractivity contribution is 5.99. The van der Waals surface area contributed by atoms with Crippen LogP contribution >= 0.6 is 0 Å². The fourth-order valence-corrected chi connectivity index (χ4v) is 5.55. The molecule has 0 unspecified atom stereocenters. The maximum Gasteiger partial charge on any atom is 0.253 e. The van der Waals surface area contributed by atoms with Gasteiger partial charge in [-0.2, -0.15) is 5.10 Å². The Morgan fingerprint density at radius 1 is 1.00 bits per heavy atom. The van der Waals surface area contributed by atoms with E-state index in [0.717, 1.165) is 53.8 Å². The van der Waals surface area contributed by atoms with E-state index in [9.17, 15) is 9.59 Å². The molecule has 1 aromatic heterocycles. The summed E-state index contributed by atoms with van der Waals surface area (Å²) < 4.78 is 0. The molecule has 0 bridgehead atoms. The Morgan fingerprint density at radius 3 is 2.55 bits per heavy atom. The lowest BCUT2D eigenvalue weighted by Crippen LogP contribution is -2.63. The van der Waals surface area contributed by atoms with Crippen LogP contribution in [0.4, 0.5) is 0 Å². The largest absolute Gasteiger partial charge is 0.355 e. The number of hydrogen-bond acceptors (Lipinski definition) is 4. The molecule has 2 amide bonds. The van der Waals surface area contributed by atoms with E-state index in [2.05, 4.69) is 32.7 Å². The molecular formula is C31H29N5O2. The van der Waals surface area contributed by atoms with Crippen LogP contribution in [0.2, 0.25) is 0 Å². The summed E-state index contributed by atoms with van der Waals surface area (Å²) in [6.07, 6.45) is 2.36. The standard InChI is InChI=1S/C31H29N5O2/c1-32-29(37)23-9-7-22(8-10-23)25-6-3-2-5-21(25)11-13-27-26-17-24(12-14-28(26)35-34-27)30(38)36-19-31(20-36)15-4-16-33-18-31/h2-3,5-10,12,14,17,33H,4,15-16,18-20H2,1H3,(H,32,37)(H,34,35). The van der Waals surface area contributed by atoms with Gasteiger partial charge in [0.1, 0.15) is 5.69 Å². The van der Waals surface area contributed by atoms with E-state index in [0.29, 0.717) is 16.8 Å². The van der Waals surface area contributed by atoms with Gasteiger partial charge in [0.2, 0.25) is 0 Å². The van der Waals surface area contributed by atoms with Gasteiger partial charge in [-0.15, -0.1) is 0 Å². The number of nitrogens with one attached hydrogen (secondary N) is 3. The van der Waals surface area contributed by atoms with Gasteiger partial charge in [0.05, 0.1) is 5.52 Å². The Kier molecular flexibility index (Phi) is 6.18. The third-order valence-electron chi connectivity index (χ3n) is 7.64. The number of carbonyl (C=O) groups is 2. The monoisotopic (exact) mass is 503 g/mol. The first kappa shape index (κ1) is 24.0. The SMILES string of the molecule is CNC(=O)c1ccc(-c2ccccc2C#Cc2n[nH]c3ccc(C(=O)N4CC5(CCCNC5)C4)cc23)cc1.